The number of anilines is 1. The van der Waals surface area contributed by atoms with Crippen LogP contribution in [0, 0.1) is 6.92 Å². The van der Waals surface area contributed by atoms with Crippen molar-refractivity contribution >= 4 is 17.2 Å². The van der Waals surface area contributed by atoms with E-state index in [1.165, 1.54) is 15.8 Å². The highest BCUT2D eigenvalue weighted by molar-refractivity contribution is 6.04. The van der Waals surface area contributed by atoms with Crippen LogP contribution in [0.2, 0.25) is 0 Å². The molecule has 2 aromatic carbocycles. The highest BCUT2D eigenvalue weighted by Crippen LogP contribution is 2.34. The number of amides is 1. The van der Waals surface area contributed by atoms with Gasteiger partial charge in [0.1, 0.15) is 18.1 Å². The molecule has 0 saturated heterocycles. The molecule has 1 amide bonds. The zero-order chi connectivity index (χ0) is 29.6. The van der Waals surface area contributed by atoms with Crippen LogP contribution in [0.15, 0.2) is 60.9 Å². The Morgan fingerprint density at radius 2 is 1.98 bits per heavy atom. The van der Waals surface area contributed by atoms with Gasteiger partial charge >= 0.3 is 6.18 Å². The minimum absolute atomic E-state index is 0.0000774. The van der Waals surface area contributed by atoms with Crippen molar-refractivity contribution in [1.29, 1.82) is 0 Å². The van der Waals surface area contributed by atoms with Crippen molar-refractivity contribution < 1.29 is 22.7 Å². The van der Waals surface area contributed by atoms with Crippen LogP contribution < -0.4 is 21.2 Å². The molecule has 0 aliphatic heterocycles. The van der Waals surface area contributed by atoms with E-state index in [2.05, 4.69) is 27.5 Å². The molecule has 1 aromatic heterocycles. The first-order valence-electron chi connectivity index (χ1n) is 12.6. The number of carbonyl (C=O) groups is 1. The Bertz CT molecular complexity index is 1390. The number of nitrogens with zero attached hydrogens (tertiary/aromatic N) is 4. The van der Waals surface area contributed by atoms with E-state index in [4.69, 9.17) is 10.6 Å². The zero-order valence-electron chi connectivity index (χ0n) is 23.1. The average Bonchev–Trinajstić information content (AvgIpc) is 3.36. The number of ether oxygens (including phenoxy) is 1. The summed E-state index contributed by atoms with van der Waals surface area (Å²) in [4.78, 5) is 13.1. The second kappa shape index (κ2) is 12.8. The van der Waals surface area contributed by atoms with Crippen LogP contribution in [0.3, 0.4) is 0 Å². The third kappa shape index (κ3) is 7.70. The fraction of sp³-hybridized carbons (Fsp3) is 0.321. The quantitative estimate of drug-likeness (QED) is 0.133. The number of nitrogens with one attached hydrogen (secondary N) is 2. The highest BCUT2D eigenvalue weighted by atomic mass is 19.4. The molecule has 9 nitrogen and oxygen atoms in total. The largest absolute Gasteiger partial charge is 0.492 e. The minimum atomic E-state index is -4.62. The van der Waals surface area contributed by atoms with Gasteiger partial charge in [-0.05, 0) is 43.7 Å². The number of rotatable bonds is 11. The van der Waals surface area contributed by atoms with Gasteiger partial charge in [0, 0.05) is 48.2 Å². The summed E-state index contributed by atoms with van der Waals surface area (Å²) in [6, 6.07) is 8.24. The summed E-state index contributed by atoms with van der Waals surface area (Å²) in [6.07, 6.45) is -1.32. The molecule has 40 heavy (non-hydrogen) atoms. The Balaban J connectivity index is 1.88. The molecule has 214 valence electrons. The second-order valence-electron chi connectivity index (χ2n) is 9.52. The molecule has 0 aliphatic carbocycles. The molecule has 12 heteroatoms. The van der Waals surface area contributed by atoms with Gasteiger partial charge in [-0.25, -0.2) is 10.5 Å². The normalized spacial score (nSPS) is 12.2. The number of aryl methyl sites for hydroxylation is 1. The van der Waals surface area contributed by atoms with E-state index in [0.717, 1.165) is 23.4 Å². The van der Waals surface area contributed by atoms with Gasteiger partial charge in [0.2, 0.25) is 0 Å². The number of alkyl halides is 3. The maximum absolute atomic E-state index is 13.6. The van der Waals surface area contributed by atoms with Crippen molar-refractivity contribution in [3.8, 4) is 11.4 Å². The molecule has 0 bridgehead atoms. The monoisotopic (exact) mass is 557 g/mol. The Kier molecular flexibility index (Phi) is 9.72. The lowest BCUT2D eigenvalue weighted by atomic mass is 10.1. The highest BCUT2D eigenvalue weighted by Gasteiger charge is 2.31. The van der Waals surface area contributed by atoms with E-state index in [9.17, 15) is 18.0 Å². The number of hydrazine groups is 1. The van der Waals surface area contributed by atoms with Crippen LogP contribution in [0.1, 0.15) is 48.0 Å². The van der Waals surface area contributed by atoms with Crippen LogP contribution in [0.4, 0.5) is 18.9 Å². The topological polar surface area (TPSA) is 110 Å². The molecular weight excluding hydrogens is 523 g/mol. The molecule has 1 heterocycles. The van der Waals surface area contributed by atoms with Gasteiger partial charge in [-0.1, -0.05) is 37.8 Å². The van der Waals surface area contributed by atoms with Gasteiger partial charge in [0.15, 0.2) is 0 Å². The molecule has 4 N–H and O–H groups in total. The summed E-state index contributed by atoms with van der Waals surface area (Å²) in [5, 5.41) is 15.5. The molecular formula is C28H34F3N7O2. The predicted octanol–water partition coefficient (Wildman–Crippen LogP) is 4.95. The SMILES string of the molecule is C=C/C(=C(/C)N(C)N)c1cn(-c2cc(C(=O)Nc3cc(OCCNC(C)C)cc(C(F)(F)F)c3)ccc2C)nn1. The number of hydrogen-bond acceptors (Lipinski definition) is 7. The van der Waals surface area contributed by atoms with E-state index in [1.54, 1.807) is 37.5 Å². The van der Waals surface area contributed by atoms with Crippen LogP contribution in [-0.4, -0.2) is 52.2 Å². The molecule has 3 rings (SSSR count). The summed E-state index contributed by atoms with van der Waals surface area (Å²) in [5.41, 5.74) is 2.56. The lowest BCUT2D eigenvalue weighted by Crippen LogP contribution is -2.27. The summed E-state index contributed by atoms with van der Waals surface area (Å²) >= 11 is 0. The Morgan fingerprint density at radius 1 is 1.25 bits per heavy atom. The smallest absolute Gasteiger partial charge is 0.416 e. The number of nitrogens with two attached hydrogens (primary N) is 1. The molecule has 0 spiro atoms. The van der Waals surface area contributed by atoms with E-state index in [1.807, 2.05) is 27.7 Å². The van der Waals surface area contributed by atoms with Crippen LogP contribution in [0.25, 0.3) is 11.3 Å². The molecule has 0 atom stereocenters. The van der Waals surface area contributed by atoms with Crippen molar-refractivity contribution in [3.05, 3.63) is 83.3 Å². The van der Waals surface area contributed by atoms with Gasteiger partial charge in [0.05, 0.1) is 17.4 Å². The minimum Gasteiger partial charge on any atom is -0.492 e. The molecule has 0 saturated carbocycles. The van der Waals surface area contributed by atoms with Crippen LogP contribution in [-0.2, 0) is 6.18 Å². The summed E-state index contributed by atoms with van der Waals surface area (Å²) in [5.74, 6) is 5.25. The summed E-state index contributed by atoms with van der Waals surface area (Å²) in [6.45, 7) is 12.0. The Hall–Kier alpha value is -4.16. The van der Waals surface area contributed by atoms with Crippen LogP contribution >= 0.6 is 0 Å². The van der Waals surface area contributed by atoms with Crippen LogP contribution in [0.5, 0.6) is 5.75 Å². The number of aromatic nitrogens is 3. The first-order chi connectivity index (χ1) is 18.8. The van der Waals surface area contributed by atoms with Crippen molar-refractivity contribution in [2.75, 3.05) is 25.5 Å². The van der Waals surface area contributed by atoms with Crippen molar-refractivity contribution in [1.82, 2.24) is 25.3 Å². The maximum atomic E-state index is 13.6. The van der Waals surface area contributed by atoms with E-state index in [0.29, 0.717) is 23.5 Å². The van der Waals surface area contributed by atoms with E-state index in [-0.39, 0.29) is 29.6 Å². The van der Waals surface area contributed by atoms with Crippen molar-refractivity contribution in [2.24, 2.45) is 5.84 Å². The molecule has 0 fully saturated rings. The maximum Gasteiger partial charge on any atom is 0.416 e. The van der Waals surface area contributed by atoms with Gasteiger partial charge in [0.25, 0.3) is 5.91 Å². The molecule has 0 unspecified atom stereocenters. The number of halogens is 3. The molecule has 3 aromatic rings. The van der Waals surface area contributed by atoms with Crippen molar-refractivity contribution in [2.45, 2.75) is 39.9 Å². The third-order valence-corrected chi connectivity index (χ3v) is 6.03. The molecule has 0 aliphatic rings. The number of benzene rings is 2. The Labute approximate surface area is 231 Å². The lowest BCUT2D eigenvalue weighted by Gasteiger charge is -2.15. The number of hydrogen-bond donors (Lipinski definition) is 3. The average molecular weight is 558 g/mol. The van der Waals surface area contributed by atoms with Gasteiger partial charge in [-0.15, -0.1) is 5.10 Å². The predicted molar refractivity (Wildman–Crippen MR) is 149 cm³/mol. The number of allylic oxidation sites excluding steroid dienone is 3. The van der Waals surface area contributed by atoms with Gasteiger partial charge in [-0.3, -0.25) is 4.79 Å². The molecule has 0 radical (unpaired) electrons. The fourth-order valence-electron chi connectivity index (χ4n) is 3.77. The number of carbonyl (C=O) groups excluding carboxylic acids is 1. The second-order valence-corrected chi connectivity index (χ2v) is 9.52. The first-order valence-corrected chi connectivity index (χ1v) is 12.6. The van der Waals surface area contributed by atoms with Gasteiger partial charge < -0.3 is 20.4 Å². The lowest BCUT2D eigenvalue weighted by molar-refractivity contribution is -0.137. The van der Waals surface area contributed by atoms with E-state index >= 15 is 0 Å². The van der Waals surface area contributed by atoms with E-state index < -0.39 is 17.6 Å². The summed E-state index contributed by atoms with van der Waals surface area (Å²) < 4.78 is 47.7. The third-order valence-electron chi connectivity index (χ3n) is 6.03. The zero-order valence-corrected chi connectivity index (χ0v) is 23.1. The van der Waals surface area contributed by atoms with Gasteiger partial charge in [-0.2, -0.15) is 13.2 Å². The first kappa shape index (κ1) is 30.4. The fourth-order valence-corrected chi connectivity index (χ4v) is 3.77. The standard InChI is InChI=1S/C28H34F3N7O2/c1-7-24(19(5)37(6)32)25-16-38(36-35-25)26-12-20(9-8-18(26)4)27(39)34-22-13-21(28(29,30)31)14-23(15-22)40-11-10-33-17(2)3/h7-9,12-17,33H,1,10-11,32H2,2-6H3,(H,34,39)/b24-19+. The Morgan fingerprint density at radius 3 is 2.60 bits per heavy atom. The van der Waals surface area contributed by atoms with Crippen molar-refractivity contribution in [3.63, 3.8) is 0 Å². The summed E-state index contributed by atoms with van der Waals surface area (Å²) in [7, 11) is 1.69.